The standard InChI is InChI=1S/C24H20ClF4N7O4S/c1-12-8-32-19(9-31-12)33-23-20(22(30)37)21(34-35-23)14-3-5-17(36-41(38,39)11-24(27,28)29)18(7-14)40-10-13-2-4-15(25)16(26)6-13/h2-9,36H,10-11H2,1H3,(H2,30,37)(H2,32,33,34,35). The molecule has 0 bridgehead atoms. The van der Waals surface area contributed by atoms with Crippen LogP contribution in [-0.2, 0) is 16.6 Å². The van der Waals surface area contributed by atoms with Gasteiger partial charge in [0, 0.05) is 5.56 Å². The van der Waals surface area contributed by atoms with Gasteiger partial charge in [-0.3, -0.25) is 19.6 Å². The first-order valence-corrected chi connectivity index (χ1v) is 13.5. The molecule has 4 aromatic rings. The average molecular weight is 614 g/mol. The molecule has 2 aromatic carbocycles. The van der Waals surface area contributed by atoms with Gasteiger partial charge in [-0.2, -0.15) is 18.3 Å². The lowest BCUT2D eigenvalue weighted by atomic mass is 10.1. The molecule has 11 nitrogen and oxygen atoms in total. The van der Waals surface area contributed by atoms with Gasteiger partial charge in [0.15, 0.2) is 5.75 Å². The summed E-state index contributed by atoms with van der Waals surface area (Å²) in [6.45, 7) is 1.41. The van der Waals surface area contributed by atoms with Crippen molar-refractivity contribution in [3.8, 4) is 17.0 Å². The fourth-order valence-corrected chi connectivity index (χ4v) is 4.67. The van der Waals surface area contributed by atoms with E-state index in [0.29, 0.717) is 5.69 Å². The number of benzene rings is 2. The maximum Gasteiger partial charge on any atom is 0.404 e. The molecule has 0 unspecified atom stereocenters. The number of nitrogens with two attached hydrogens (primary N) is 1. The number of aromatic nitrogens is 4. The van der Waals surface area contributed by atoms with Crippen molar-refractivity contribution in [1.29, 1.82) is 0 Å². The summed E-state index contributed by atoms with van der Waals surface area (Å²) in [6.07, 6.45) is -2.11. The zero-order valence-corrected chi connectivity index (χ0v) is 22.5. The van der Waals surface area contributed by atoms with Gasteiger partial charge in [0.05, 0.1) is 28.8 Å². The lowest BCUT2D eigenvalue weighted by molar-refractivity contribution is -0.106. The molecular formula is C24H20ClF4N7O4S. The van der Waals surface area contributed by atoms with Gasteiger partial charge in [0.25, 0.3) is 5.91 Å². The molecule has 0 atom stereocenters. The Balaban J connectivity index is 1.72. The number of aryl methyl sites for hydroxylation is 1. The summed E-state index contributed by atoms with van der Waals surface area (Å²) < 4.78 is 84.2. The van der Waals surface area contributed by atoms with E-state index in [9.17, 15) is 30.8 Å². The van der Waals surface area contributed by atoms with Crippen molar-refractivity contribution in [2.75, 3.05) is 15.8 Å². The predicted octanol–water partition coefficient (Wildman–Crippen LogP) is 4.69. The molecule has 0 saturated heterocycles. The first kappa shape index (κ1) is 29.5. The highest BCUT2D eigenvalue weighted by atomic mass is 35.5. The smallest absolute Gasteiger partial charge is 0.404 e. The normalized spacial score (nSPS) is 11.8. The second-order valence-corrected chi connectivity index (χ2v) is 10.7. The Morgan fingerprint density at radius 1 is 1.15 bits per heavy atom. The zero-order chi connectivity index (χ0) is 29.9. The fraction of sp³-hybridized carbons (Fsp3) is 0.167. The van der Waals surface area contributed by atoms with E-state index in [1.54, 1.807) is 6.92 Å². The molecule has 216 valence electrons. The number of halogens is 5. The topological polar surface area (TPSA) is 165 Å². The number of primary amides is 1. The Morgan fingerprint density at radius 3 is 2.54 bits per heavy atom. The number of nitrogens with zero attached hydrogens (tertiary/aromatic N) is 3. The molecule has 2 aromatic heterocycles. The molecule has 41 heavy (non-hydrogen) atoms. The third kappa shape index (κ3) is 7.61. The lowest BCUT2D eigenvalue weighted by Crippen LogP contribution is -2.28. The summed E-state index contributed by atoms with van der Waals surface area (Å²) in [4.78, 5) is 20.6. The van der Waals surface area contributed by atoms with Crippen molar-refractivity contribution < 1.29 is 35.5 Å². The summed E-state index contributed by atoms with van der Waals surface area (Å²) in [7, 11) is -4.89. The van der Waals surface area contributed by atoms with E-state index in [0.717, 1.165) is 12.1 Å². The Bertz CT molecular complexity index is 1700. The number of carbonyl (C=O) groups is 1. The molecule has 4 rings (SSSR count). The van der Waals surface area contributed by atoms with Gasteiger partial charge in [0.1, 0.15) is 41.1 Å². The summed E-state index contributed by atoms with van der Waals surface area (Å²) in [5.74, 6) is -3.70. The highest BCUT2D eigenvalue weighted by Gasteiger charge is 2.35. The highest BCUT2D eigenvalue weighted by molar-refractivity contribution is 7.92. The number of alkyl halides is 3. The van der Waals surface area contributed by atoms with Gasteiger partial charge in [-0.15, -0.1) is 0 Å². The molecule has 17 heteroatoms. The number of aromatic amines is 1. The Hall–Kier alpha value is -4.44. The molecule has 0 saturated carbocycles. The second-order valence-electron chi connectivity index (χ2n) is 8.58. The number of amides is 1. The summed E-state index contributed by atoms with van der Waals surface area (Å²) in [5.41, 5.74) is 6.25. The Morgan fingerprint density at radius 2 is 1.90 bits per heavy atom. The van der Waals surface area contributed by atoms with Gasteiger partial charge in [0.2, 0.25) is 10.0 Å². The largest absolute Gasteiger partial charge is 0.487 e. The van der Waals surface area contributed by atoms with Crippen LogP contribution >= 0.6 is 11.6 Å². The van der Waals surface area contributed by atoms with E-state index in [1.165, 1.54) is 36.7 Å². The van der Waals surface area contributed by atoms with Crippen LogP contribution in [0.1, 0.15) is 21.6 Å². The summed E-state index contributed by atoms with van der Waals surface area (Å²) >= 11 is 5.69. The van der Waals surface area contributed by atoms with E-state index >= 15 is 0 Å². The quantitative estimate of drug-likeness (QED) is 0.187. The number of hydrogen-bond acceptors (Lipinski definition) is 8. The number of anilines is 3. The van der Waals surface area contributed by atoms with E-state index in [4.69, 9.17) is 22.1 Å². The minimum atomic E-state index is -5.01. The number of hydrogen-bond donors (Lipinski definition) is 4. The van der Waals surface area contributed by atoms with Crippen LogP contribution in [0.4, 0.5) is 34.9 Å². The van der Waals surface area contributed by atoms with Crippen molar-refractivity contribution in [2.45, 2.75) is 19.7 Å². The maximum atomic E-state index is 13.9. The lowest BCUT2D eigenvalue weighted by Gasteiger charge is -2.16. The SMILES string of the molecule is Cc1cnc(Nc2[nH]nc(-c3ccc(NS(=O)(=O)CC(F)(F)F)c(OCc4ccc(Cl)c(F)c4)c3)c2C(N)=O)cn1. The third-order valence-electron chi connectivity index (χ3n) is 5.30. The summed E-state index contributed by atoms with van der Waals surface area (Å²) in [5, 5.41) is 9.43. The van der Waals surface area contributed by atoms with Gasteiger partial charge in [-0.05, 0) is 36.8 Å². The van der Waals surface area contributed by atoms with Crippen LogP contribution in [0.25, 0.3) is 11.3 Å². The summed E-state index contributed by atoms with van der Waals surface area (Å²) in [6, 6.07) is 7.43. The molecule has 0 spiro atoms. The van der Waals surface area contributed by atoms with Crippen LogP contribution in [0, 0.1) is 12.7 Å². The molecule has 1 amide bonds. The van der Waals surface area contributed by atoms with Gasteiger partial charge in [-0.1, -0.05) is 23.7 Å². The fourth-order valence-electron chi connectivity index (χ4n) is 3.55. The molecule has 0 fully saturated rings. The van der Waals surface area contributed by atoms with Gasteiger partial charge in [-0.25, -0.2) is 17.8 Å². The van der Waals surface area contributed by atoms with Crippen LogP contribution in [0.2, 0.25) is 5.02 Å². The van der Waals surface area contributed by atoms with E-state index in [-0.39, 0.29) is 57.1 Å². The molecule has 5 N–H and O–H groups in total. The number of sulfonamides is 1. The van der Waals surface area contributed by atoms with Crippen LogP contribution in [0.15, 0.2) is 48.8 Å². The van der Waals surface area contributed by atoms with Crippen LogP contribution < -0.4 is 20.5 Å². The Labute approximate surface area is 235 Å². The zero-order valence-electron chi connectivity index (χ0n) is 20.9. The van der Waals surface area contributed by atoms with Gasteiger partial charge >= 0.3 is 6.18 Å². The van der Waals surface area contributed by atoms with Crippen molar-refractivity contribution in [1.82, 2.24) is 20.2 Å². The minimum Gasteiger partial charge on any atom is -0.487 e. The van der Waals surface area contributed by atoms with Crippen LogP contribution in [0.3, 0.4) is 0 Å². The molecule has 0 aliphatic carbocycles. The van der Waals surface area contributed by atoms with E-state index in [2.05, 4.69) is 25.5 Å². The Kier molecular flexibility index (Phi) is 8.34. The van der Waals surface area contributed by atoms with Crippen molar-refractivity contribution >= 4 is 44.9 Å². The first-order chi connectivity index (χ1) is 19.2. The number of rotatable bonds is 10. The third-order valence-corrected chi connectivity index (χ3v) is 6.84. The van der Waals surface area contributed by atoms with Crippen molar-refractivity contribution in [3.63, 3.8) is 0 Å². The average Bonchev–Trinajstić information content (AvgIpc) is 3.29. The van der Waals surface area contributed by atoms with Crippen molar-refractivity contribution in [2.24, 2.45) is 5.73 Å². The number of H-pyrrole nitrogens is 1. The van der Waals surface area contributed by atoms with E-state index < -0.39 is 33.7 Å². The highest BCUT2D eigenvalue weighted by Crippen LogP contribution is 2.35. The maximum absolute atomic E-state index is 13.9. The monoisotopic (exact) mass is 613 g/mol. The molecule has 0 aliphatic heterocycles. The van der Waals surface area contributed by atoms with Crippen molar-refractivity contribution in [3.05, 3.63) is 76.5 Å². The number of carbonyl (C=O) groups excluding carboxylic acids is 1. The van der Waals surface area contributed by atoms with E-state index in [1.807, 2.05) is 4.72 Å². The predicted molar refractivity (Wildman–Crippen MR) is 142 cm³/mol. The molecular weight excluding hydrogens is 594 g/mol. The molecule has 0 radical (unpaired) electrons. The molecule has 0 aliphatic rings. The minimum absolute atomic E-state index is 0.00663. The van der Waals surface area contributed by atoms with Gasteiger partial charge < -0.3 is 15.8 Å². The van der Waals surface area contributed by atoms with Crippen LogP contribution in [-0.4, -0.2) is 46.4 Å². The number of nitrogens with one attached hydrogen (secondary N) is 3. The van der Waals surface area contributed by atoms with Crippen LogP contribution in [0.5, 0.6) is 5.75 Å². The number of ether oxygens (including phenoxy) is 1. The first-order valence-electron chi connectivity index (χ1n) is 11.4. The second kappa shape index (κ2) is 11.6. The molecule has 2 heterocycles.